The van der Waals surface area contributed by atoms with Gasteiger partial charge >= 0.3 is 0 Å². The quantitative estimate of drug-likeness (QED) is 0.643. The van der Waals surface area contributed by atoms with E-state index >= 15 is 0 Å². The van der Waals surface area contributed by atoms with Gasteiger partial charge in [0.1, 0.15) is 0 Å². The number of ether oxygens (including phenoxy) is 1. The molecular weight excluding hydrogens is 346 g/mol. The molecule has 0 radical (unpaired) electrons. The Bertz CT molecular complexity index is 742. The third kappa shape index (κ3) is 5.68. The molecule has 0 spiro atoms. The molecule has 1 aliphatic heterocycles. The highest BCUT2D eigenvalue weighted by Crippen LogP contribution is 2.40. The largest absolute Gasteiger partial charge is 0.376 e. The first-order valence-corrected chi connectivity index (χ1v) is 10.4. The lowest BCUT2D eigenvalue weighted by Crippen LogP contribution is -2.37. The first-order valence-electron chi connectivity index (χ1n) is 10.4. The van der Waals surface area contributed by atoms with Gasteiger partial charge in [-0.1, -0.05) is 60.7 Å². The van der Waals surface area contributed by atoms with Crippen molar-refractivity contribution in [3.8, 4) is 0 Å². The highest BCUT2D eigenvalue weighted by molar-refractivity contribution is 5.73. The van der Waals surface area contributed by atoms with Gasteiger partial charge in [0.05, 0.1) is 5.60 Å². The fraction of sp³-hybridized carbons (Fsp3) is 0.480. The summed E-state index contributed by atoms with van der Waals surface area (Å²) >= 11 is 0. The van der Waals surface area contributed by atoms with E-state index in [1.807, 2.05) is 23.1 Å². The molecule has 1 saturated heterocycles. The SMILES string of the molecule is CC(=O)N(CC[C@H](c1ccccc1)[C@@H]1CCOC(C)(C)C1)Cc1ccccc1. The van der Waals surface area contributed by atoms with Crippen LogP contribution in [0.1, 0.15) is 57.1 Å². The Labute approximate surface area is 169 Å². The van der Waals surface area contributed by atoms with Crippen LogP contribution in [0.3, 0.4) is 0 Å². The summed E-state index contributed by atoms with van der Waals surface area (Å²) in [5.41, 5.74) is 2.50. The Balaban J connectivity index is 1.74. The summed E-state index contributed by atoms with van der Waals surface area (Å²) in [6.07, 6.45) is 3.13. The lowest BCUT2D eigenvalue weighted by Gasteiger charge is -2.40. The molecule has 0 saturated carbocycles. The smallest absolute Gasteiger partial charge is 0.219 e. The predicted octanol–water partition coefficient (Wildman–Crippen LogP) is 5.41. The maximum atomic E-state index is 12.3. The number of rotatable bonds is 7. The fourth-order valence-electron chi connectivity index (χ4n) is 4.44. The molecule has 0 aliphatic carbocycles. The second-order valence-electron chi connectivity index (χ2n) is 8.59. The van der Waals surface area contributed by atoms with E-state index in [1.54, 1.807) is 6.92 Å². The number of hydrogen-bond acceptors (Lipinski definition) is 2. The standard InChI is InChI=1S/C25H33NO2/c1-20(27)26(19-21-10-6-4-7-11-21)16-14-24(22-12-8-5-9-13-22)23-15-17-28-25(2,3)18-23/h4-13,23-24H,14-19H2,1-3H3/t23-,24-/m1/s1. The lowest BCUT2D eigenvalue weighted by molar-refractivity contribution is -0.129. The van der Waals surface area contributed by atoms with Gasteiger partial charge in [0.15, 0.2) is 0 Å². The highest BCUT2D eigenvalue weighted by Gasteiger charge is 2.34. The molecule has 0 N–H and O–H groups in total. The van der Waals surface area contributed by atoms with E-state index in [4.69, 9.17) is 4.74 Å². The molecule has 1 amide bonds. The number of nitrogens with zero attached hydrogens (tertiary/aromatic N) is 1. The minimum Gasteiger partial charge on any atom is -0.376 e. The number of carbonyl (C=O) groups is 1. The van der Waals surface area contributed by atoms with E-state index in [-0.39, 0.29) is 11.5 Å². The van der Waals surface area contributed by atoms with Gasteiger partial charge in [-0.2, -0.15) is 0 Å². The second kappa shape index (κ2) is 9.38. The van der Waals surface area contributed by atoms with Crippen molar-refractivity contribution in [3.05, 3.63) is 71.8 Å². The molecule has 0 unspecified atom stereocenters. The van der Waals surface area contributed by atoms with Gasteiger partial charge < -0.3 is 9.64 Å². The molecule has 2 aromatic rings. The average molecular weight is 380 g/mol. The molecule has 2 aromatic carbocycles. The van der Waals surface area contributed by atoms with Gasteiger partial charge in [-0.25, -0.2) is 0 Å². The van der Waals surface area contributed by atoms with Crippen LogP contribution >= 0.6 is 0 Å². The van der Waals surface area contributed by atoms with Crippen LogP contribution in [0.5, 0.6) is 0 Å². The fourth-order valence-corrected chi connectivity index (χ4v) is 4.44. The van der Waals surface area contributed by atoms with Crippen molar-refractivity contribution in [2.75, 3.05) is 13.2 Å². The van der Waals surface area contributed by atoms with Gasteiger partial charge in [-0.3, -0.25) is 4.79 Å². The zero-order chi connectivity index (χ0) is 20.0. The van der Waals surface area contributed by atoms with Gasteiger partial charge in [-0.15, -0.1) is 0 Å². The molecule has 2 atom stereocenters. The number of amides is 1. The molecule has 1 aliphatic rings. The minimum atomic E-state index is -0.0692. The van der Waals surface area contributed by atoms with Crippen LogP contribution in [0.25, 0.3) is 0 Å². The van der Waals surface area contributed by atoms with E-state index in [0.717, 1.165) is 32.4 Å². The Morgan fingerprint density at radius 3 is 2.36 bits per heavy atom. The van der Waals surface area contributed by atoms with Gasteiger partial charge in [0, 0.05) is 26.6 Å². The van der Waals surface area contributed by atoms with Crippen molar-refractivity contribution >= 4 is 5.91 Å². The Morgan fingerprint density at radius 1 is 1.11 bits per heavy atom. The molecule has 3 rings (SSSR count). The van der Waals surface area contributed by atoms with Crippen molar-refractivity contribution < 1.29 is 9.53 Å². The zero-order valence-electron chi connectivity index (χ0n) is 17.4. The van der Waals surface area contributed by atoms with Crippen molar-refractivity contribution in [3.63, 3.8) is 0 Å². The van der Waals surface area contributed by atoms with Crippen LogP contribution in [0.2, 0.25) is 0 Å². The number of benzene rings is 2. The van der Waals surface area contributed by atoms with E-state index in [2.05, 4.69) is 56.3 Å². The van der Waals surface area contributed by atoms with E-state index < -0.39 is 0 Å². The molecule has 150 valence electrons. The minimum absolute atomic E-state index is 0.0692. The highest BCUT2D eigenvalue weighted by atomic mass is 16.5. The van der Waals surface area contributed by atoms with Crippen molar-refractivity contribution in [1.82, 2.24) is 4.90 Å². The van der Waals surface area contributed by atoms with E-state index in [0.29, 0.717) is 18.4 Å². The molecule has 1 heterocycles. The van der Waals surface area contributed by atoms with E-state index in [9.17, 15) is 4.79 Å². The summed E-state index contributed by atoms with van der Waals surface area (Å²) in [7, 11) is 0. The molecule has 3 nitrogen and oxygen atoms in total. The van der Waals surface area contributed by atoms with Crippen molar-refractivity contribution in [2.24, 2.45) is 5.92 Å². The average Bonchev–Trinajstić information content (AvgIpc) is 2.68. The third-order valence-electron chi connectivity index (χ3n) is 5.90. The van der Waals surface area contributed by atoms with E-state index in [1.165, 1.54) is 11.1 Å². The van der Waals surface area contributed by atoms with Crippen LogP contribution in [0, 0.1) is 5.92 Å². The maximum absolute atomic E-state index is 12.3. The lowest BCUT2D eigenvalue weighted by atomic mass is 9.75. The van der Waals surface area contributed by atoms with Crippen LogP contribution in [0.4, 0.5) is 0 Å². The summed E-state index contributed by atoms with van der Waals surface area (Å²) in [6, 6.07) is 21.1. The van der Waals surface area contributed by atoms with Crippen LogP contribution in [-0.4, -0.2) is 29.6 Å². The van der Waals surface area contributed by atoms with Gasteiger partial charge in [-0.05, 0) is 56.1 Å². The van der Waals surface area contributed by atoms with Crippen LogP contribution in [0.15, 0.2) is 60.7 Å². The van der Waals surface area contributed by atoms with Gasteiger partial charge in [0.2, 0.25) is 5.91 Å². The second-order valence-corrected chi connectivity index (χ2v) is 8.59. The molecule has 1 fully saturated rings. The summed E-state index contributed by atoms with van der Waals surface area (Å²) in [6.45, 7) is 8.34. The third-order valence-corrected chi connectivity index (χ3v) is 5.90. The Hall–Kier alpha value is -2.13. The summed E-state index contributed by atoms with van der Waals surface area (Å²) < 4.78 is 5.96. The molecule has 28 heavy (non-hydrogen) atoms. The number of carbonyl (C=O) groups excluding carboxylic acids is 1. The normalized spacial score (nSPS) is 19.8. The van der Waals surface area contributed by atoms with Crippen LogP contribution < -0.4 is 0 Å². The van der Waals surface area contributed by atoms with Crippen LogP contribution in [-0.2, 0) is 16.1 Å². The zero-order valence-corrected chi connectivity index (χ0v) is 17.4. The Morgan fingerprint density at radius 2 is 1.75 bits per heavy atom. The number of hydrogen-bond donors (Lipinski definition) is 0. The monoisotopic (exact) mass is 379 g/mol. The predicted molar refractivity (Wildman–Crippen MR) is 114 cm³/mol. The maximum Gasteiger partial charge on any atom is 0.219 e. The molecular formula is C25H33NO2. The molecule has 0 aromatic heterocycles. The van der Waals surface area contributed by atoms with Gasteiger partial charge in [0.25, 0.3) is 0 Å². The summed E-state index contributed by atoms with van der Waals surface area (Å²) in [5, 5.41) is 0. The van der Waals surface area contributed by atoms with Crippen molar-refractivity contribution in [2.45, 2.75) is 58.1 Å². The van der Waals surface area contributed by atoms with Crippen molar-refractivity contribution in [1.29, 1.82) is 0 Å². The summed E-state index contributed by atoms with van der Waals surface area (Å²) in [5.74, 6) is 1.17. The first-order chi connectivity index (χ1) is 13.4. The first kappa shape index (κ1) is 20.6. The Kier molecular flexibility index (Phi) is 6.90. The summed E-state index contributed by atoms with van der Waals surface area (Å²) in [4.78, 5) is 14.3. The topological polar surface area (TPSA) is 29.5 Å². The molecule has 0 bridgehead atoms. The molecule has 3 heteroatoms.